The van der Waals surface area contributed by atoms with Gasteiger partial charge in [0.25, 0.3) is 0 Å². The first-order valence-corrected chi connectivity index (χ1v) is 6.17. The lowest BCUT2D eigenvalue weighted by Gasteiger charge is -2.23. The number of rotatable bonds is 4. The predicted molar refractivity (Wildman–Crippen MR) is 75.4 cm³/mol. The standard InChI is InChI=1S/C12H17ClN4O2/c1-3-7-19-16-12(18)17(11(14)15)10-8(2)5-4-6-9(10)13/h4-6H,3,7H2,1-2H3,(H3,14,15)(H,16,18). The zero-order valence-corrected chi connectivity index (χ0v) is 11.6. The van der Waals surface area contributed by atoms with Crippen LogP contribution in [0.2, 0.25) is 5.02 Å². The van der Waals surface area contributed by atoms with Gasteiger partial charge in [-0.15, -0.1) is 0 Å². The van der Waals surface area contributed by atoms with Crippen LogP contribution in [-0.4, -0.2) is 18.6 Å². The van der Waals surface area contributed by atoms with Crippen LogP contribution in [0, 0.1) is 12.3 Å². The van der Waals surface area contributed by atoms with E-state index in [1.54, 1.807) is 25.1 Å². The molecular formula is C12H17ClN4O2. The first kappa shape index (κ1) is 15.3. The minimum atomic E-state index is -0.655. The molecule has 0 aliphatic heterocycles. The van der Waals surface area contributed by atoms with Crippen molar-refractivity contribution in [3.8, 4) is 0 Å². The van der Waals surface area contributed by atoms with Crippen LogP contribution in [0.1, 0.15) is 18.9 Å². The summed E-state index contributed by atoms with van der Waals surface area (Å²) in [5.41, 5.74) is 8.77. The molecule has 0 fully saturated rings. The van der Waals surface area contributed by atoms with Crippen LogP contribution >= 0.6 is 11.6 Å². The summed E-state index contributed by atoms with van der Waals surface area (Å²) >= 11 is 6.06. The molecule has 0 heterocycles. The van der Waals surface area contributed by atoms with Crippen LogP contribution < -0.4 is 16.1 Å². The zero-order chi connectivity index (χ0) is 14.4. The van der Waals surface area contributed by atoms with Crippen molar-refractivity contribution < 1.29 is 9.63 Å². The lowest BCUT2D eigenvalue weighted by molar-refractivity contribution is 0.0650. The van der Waals surface area contributed by atoms with Crippen molar-refractivity contribution in [2.45, 2.75) is 20.3 Å². The molecule has 0 aliphatic carbocycles. The van der Waals surface area contributed by atoms with E-state index in [1.807, 2.05) is 6.92 Å². The number of nitrogens with one attached hydrogen (secondary N) is 2. The maximum absolute atomic E-state index is 12.0. The number of hydroxylamine groups is 1. The summed E-state index contributed by atoms with van der Waals surface area (Å²) in [4.78, 5) is 17.9. The number of guanidine groups is 1. The summed E-state index contributed by atoms with van der Waals surface area (Å²) in [6, 6.07) is 4.50. The van der Waals surface area contributed by atoms with Crippen molar-refractivity contribution in [3.63, 3.8) is 0 Å². The number of nitrogens with zero attached hydrogens (tertiary/aromatic N) is 1. The first-order chi connectivity index (χ1) is 8.99. The number of para-hydroxylation sites is 1. The lowest BCUT2D eigenvalue weighted by Crippen LogP contribution is -2.47. The highest BCUT2D eigenvalue weighted by Crippen LogP contribution is 2.29. The molecule has 7 heteroatoms. The fourth-order valence-electron chi connectivity index (χ4n) is 1.50. The largest absolute Gasteiger partial charge is 0.369 e. The number of halogens is 1. The van der Waals surface area contributed by atoms with Crippen molar-refractivity contribution in [1.29, 1.82) is 5.41 Å². The van der Waals surface area contributed by atoms with Crippen LogP contribution in [0.15, 0.2) is 18.2 Å². The molecule has 0 aliphatic rings. The molecule has 1 aromatic carbocycles. The van der Waals surface area contributed by atoms with Gasteiger partial charge in [-0.1, -0.05) is 30.7 Å². The second-order valence-electron chi connectivity index (χ2n) is 3.88. The Kier molecular flexibility index (Phi) is 5.59. The van der Waals surface area contributed by atoms with E-state index in [1.165, 1.54) is 0 Å². The highest BCUT2D eigenvalue weighted by atomic mass is 35.5. The molecule has 1 rings (SSSR count). The van der Waals surface area contributed by atoms with E-state index in [9.17, 15) is 4.79 Å². The smallest absolute Gasteiger partial charge is 0.352 e. The fourth-order valence-corrected chi connectivity index (χ4v) is 1.80. The molecule has 0 unspecified atom stereocenters. The quantitative estimate of drug-likeness (QED) is 0.343. The average molecular weight is 285 g/mol. The van der Waals surface area contributed by atoms with Gasteiger partial charge in [0, 0.05) is 0 Å². The number of amides is 2. The van der Waals surface area contributed by atoms with Crippen molar-refractivity contribution in [2.75, 3.05) is 11.5 Å². The second kappa shape index (κ2) is 6.96. The van der Waals surface area contributed by atoms with Gasteiger partial charge in [-0.25, -0.2) is 15.2 Å². The monoisotopic (exact) mass is 284 g/mol. The maximum Gasteiger partial charge on any atom is 0.352 e. The van der Waals surface area contributed by atoms with E-state index in [2.05, 4.69) is 5.48 Å². The van der Waals surface area contributed by atoms with Crippen molar-refractivity contribution in [3.05, 3.63) is 28.8 Å². The minimum Gasteiger partial charge on any atom is -0.369 e. The number of hydrogen-bond acceptors (Lipinski definition) is 3. The summed E-state index contributed by atoms with van der Waals surface area (Å²) in [5.74, 6) is -0.436. The Balaban J connectivity index is 3.01. The summed E-state index contributed by atoms with van der Waals surface area (Å²) in [7, 11) is 0. The molecule has 0 aromatic heterocycles. The number of carbonyl (C=O) groups is 1. The molecule has 4 N–H and O–H groups in total. The molecule has 0 saturated carbocycles. The molecule has 19 heavy (non-hydrogen) atoms. The van der Waals surface area contributed by atoms with Gasteiger partial charge in [-0.05, 0) is 25.0 Å². The first-order valence-electron chi connectivity index (χ1n) is 5.80. The molecule has 0 spiro atoms. The number of urea groups is 1. The number of nitrogens with two attached hydrogens (primary N) is 1. The summed E-state index contributed by atoms with van der Waals surface area (Å²) < 4.78 is 0. The second-order valence-corrected chi connectivity index (χ2v) is 4.29. The van der Waals surface area contributed by atoms with Crippen LogP contribution in [0.5, 0.6) is 0 Å². The molecule has 2 amide bonds. The Hall–Kier alpha value is -1.79. The maximum atomic E-state index is 12.0. The van der Waals surface area contributed by atoms with E-state index in [0.29, 0.717) is 17.3 Å². The van der Waals surface area contributed by atoms with E-state index in [-0.39, 0.29) is 0 Å². The Labute approximate surface area is 116 Å². The van der Waals surface area contributed by atoms with Gasteiger partial charge in [-0.2, -0.15) is 0 Å². The van der Waals surface area contributed by atoms with Crippen molar-refractivity contribution in [1.82, 2.24) is 5.48 Å². The number of benzene rings is 1. The average Bonchev–Trinajstić information content (AvgIpc) is 2.33. The van der Waals surface area contributed by atoms with Gasteiger partial charge in [0.15, 0.2) is 0 Å². The Morgan fingerprint density at radius 3 is 2.79 bits per heavy atom. The van der Waals surface area contributed by atoms with E-state index < -0.39 is 12.0 Å². The third-order valence-corrected chi connectivity index (χ3v) is 2.63. The predicted octanol–water partition coefficient (Wildman–Crippen LogP) is 2.40. The molecule has 0 saturated heterocycles. The van der Waals surface area contributed by atoms with Gasteiger partial charge in [0.05, 0.1) is 17.3 Å². The van der Waals surface area contributed by atoms with Crippen LogP contribution in [0.25, 0.3) is 0 Å². The summed E-state index contributed by atoms with van der Waals surface area (Å²) in [6.45, 7) is 4.06. The summed E-state index contributed by atoms with van der Waals surface area (Å²) in [6.07, 6.45) is 0.755. The van der Waals surface area contributed by atoms with E-state index in [0.717, 1.165) is 16.9 Å². The summed E-state index contributed by atoms with van der Waals surface area (Å²) in [5, 5.41) is 7.86. The topological polar surface area (TPSA) is 91.4 Å². The molecular weight excluding hydrogens is 268 g/mol. The lowest BCUT2D eigenvalue weighted by atomic mass is 10.2. The van der Waals surface area contributed by atoms with Crippen molar-refractivity contribution in [2.24, 2.45) is 5.73 Å². The third kappa shape index (κ3) is 3.84. The van der Waals surface area contributed by atoms with Crippen LogP contribution in [0.4, 0.5) is 10.5 Å². The Morgan fingerprint density at radius 2 is 2.26 bits per heavy atom. The van der Waals surface area contributed by atoms with E-state index >= 15 is 0 Å². The SMILES string of the molecule is CCCONC(=O)N(C(=N)N)c1c(C)cccc1Cl. The normalized spacial score (nSPS) is 10.1. The van der Waals surface area contributed by atoms with Crippen LogP contribution in [0.3, 0.4) is 0 Å². The zero-order valence-electron chi connectivity index (χ0n) is 10.9. The number of hydrogen-bond donors (Lipinski definition) is 3. The van der Waals surface area contributed by atoms with Gasteiger partial charge < -0.3 is 5.73 Å². The number of carbonyl (C=O) groups excluding carboxylic acids is 1. The molecule has 6 nitrogen and oxygen atoms in total. The third-order valence-electron chi connectivity index (χ3n) is 2.32. The Morgan fingerprint density at radius 1 is 1.58 bits per heavy atom. The van der Waals surface area contributed by atoms with Gasteiger partial charge in [-0.3, -0.25) is 10.2 Å². The highest BCUT2D eigenvalue weighted by Gasteiger charge is 2.23. The number of anilines is 1. The minimum absolute atomic E-state index is 0.334. The van der Waals surface area contributed by atoms with Gasteiger partial charge in [0.1, 0.15) is 0 Å². The molecule has 1 aromatic rings. The van der Waals surface area contributed by atoms with Gasteiger partial charge in [0.2, 0.25) is 5.96 Å². The number of aryl methyl sites for hydroxylation is 1. The van der Waals surface area contributed by atoms with Crippen LogP contribution in [-0.2, 0) is 4.84 Å². The van der Waals surface area contributed by atoms with Gasteiger partial charge >= 0.3 is 6.03 Å². The molecule has 0 radical (unpaired) electrons. The Bertz CT molecular complexity index is 459. The van der Waals surface area contributed by atoms with E-state index in [4.69, 9.17) is 27.6 Å². The molecule has 0 atom stereocenters. The fraction of sp³-hybridized carbons (Fsp3) is 0.333. The van der Waals surface area contributed by atoms with Crippen molar-refractivity contribution >= 4 is 29.3 Å². The molecule has 104 valence electrons. The highest BCUT2D eigenvalue weighted by molar-refractivity contribution is 6.35. The molecule has 0 bridgehead atoms.